The van der Waals surface area contributed by atoms with Crippen LogP contribution in [0.4, 0.5) is 10.8 Å². The standard InChI is InChI=1S/C17H13N9O2S/c1-8-10(7-18)17(29-25-8)24-23-14-12-9(3-5-19-12)13(15(27)16(14)28)22-21-11-4-6-20-26(11)2/h3-6,19,21,24H,1-2H3. The number of hydrogen-bond donors (Lipinski definition) is 3. The minimum Gasteiger partial charge on any atom is -0.359 e. The molecule has 3 aromatic heterocycles. The molecule has 4 rings (SSSR count). The molecule has 0 saturated carbocycles. The first kappa shape index (κ1) is 18.3. The van der Waals surface area contributed by atoms with E-state index >= 15 is 0 Å². The van der Waals surface area contributed by atoms with E-state index in [4.69, 9.17) is 0 Å². The summed E-state index contributed by atoms with van der Waals surface area (Å²) in [7, 11) is 1.71. The Morgan fingerprint density at radius 3 is 2.69 bits per heavy atom. The van der Waals surface area contributed by atoms with Crippen molar-refractivity contribution in [3.05, 3.63) is 66.9 Å². The van der Waals surface area contributed by atoms with Gasteiger partial charge in [-0.2, -0.15) is 24.9 Å². The summed E-state index contributed by atoms with van der Waals surface area (Å²) in [5.41, 5.74) is 5.04. The molecule has 0 unspecified atom stereocenters. The number of H-pyrrole nitrogens is 1. The maximum atomic E-state index is 12.7. The summed E-state index contributed by atoms with van der Waals surface area (Å²) in [5.74, 6) is 0.556. The van der Waals surface area contributed by atoms with Gasteiger partial charge in [0.05, 0.1) is 17.4 Å². The highest BCUT2D eigenvalue weighted by molar-refractivity contribution is 7.10. The molecule has 0 aliphatic carbocycles. The summed E-state index contributed by atoms with van der Waals surface area (Å²) in [6.07, 6.45) is 3.16. The zero-order valence-electron chi connectivity index (χ0n) is 15.2. The van der Waals surface area contributed by atoms with Crippen LogP contribution in [0.3, 0.4) is 0 Å². The Labute approximate surface area is 166 Å². The Balaban J connectivity index is 1.86. The minimum absolute atomic E-state index is 0.0299. The van der Waals surface area contributed by atoms with Crippen LogP contribution < -0.4 is 32.4 Å². The molecule has 0 fully saturated rings. The number of nitrogens with one attached hydrogen (secondary N) is 3. The van der Waals surface area contributed by atoms with Crippen molar-refractivity contribution in [3.8, 4) is 6.07 Å². The van der Waals surface area contributed by atoms with Gasteiger partial charge in [0.25, 0.3) is 10.9 Å². The van der Waals surface area contributed by atoms with Crippen LogP contribution in [0.25, 0.3) is 10.9 Å². The van der Waals surface area contributed by atoms with E-state index in [9.17, 15) is 14.9 Å². The monoisotopic (exact) mass is 407 g/mol. The summed E-state index contributed by atoms with van der Waals surface area (Å²) in [4.78, 5) is 28.2. The lowest BCUT2D eigenvalue weighted by Gasteiger charge is -2.00. The number of nitriles is 1. The molecule has 0 aliphatic rings. The first-order chi connectivity index (χ1) is 14.0. The van der Waals surface area contributed by atoms with E-state index in [0.717, 1.165) is 11.5 Å². The summed E-state index contributed by atoms with van der Waals surface area (Å²) in [5, 5.41) is 22.1. The molecule has 0 aliphatic heterocycles. The van der Waals surface area contributed by atoms with E-state index in [1.54, 1.807) is 38.5 Å². The van der Waals surface area contributed by atoms with Gasteiger partial charge >= 0.3 is 0 Å². The van der Waals surface area contributed by atoms with Crippen LogP contribution in [-0.4, -0.2) is 19.1 Å². The zero-order valence-corrected chi connectivity index (χ0v) is 16.0. The second kappa shape index (κ2) is 7.13. The zero-order chi connectivity index (χ0) is 20.5. The molecule has 0 amide bonds. The molecule has 12 heteroatoms. The number of aromatic amines is 1. The van der Waals surface area contributed by atoms with Crippen LogP contribution in [0.5, 0.6) is 0 Å². The highest BCUT2D eigenvalue weighted by Crippen LogP contribution is 2.22. The Morgan fingerprint density at radius 2 is 1.97 bits per heavy atom. The van der Waals surface area contributed by atoms with Crippen molar-refractivity contribution >= 4 is 33.3 Å². The number of hydrogen-bond acceptors (Lipinski definition) is 10. The third-order valence-corrected chi connectivity index (χ3v) is 5.07. The molecule has 1 aromatic carbocycles. The average Bonchev–Trinajstić information content (AvgIpc) is 3.43. The molecule has 3 heterocycles. The van der Waals surface area contributed by atoms with Crippen molar-refractivity contribution in [2.24, 2.45) is 17.3 Å². The van der Waals surface area contributed by atoms with Gasteiger partial charge in [0.2, 0.25) is 0 Å². The van der Waals surface area contributed by atoms with E-state index in [2.05, 4.69) is 35.5 Å². The molecule has 0 bridgehead atoms. The Morgan fingerprint density at radius 1 is 1.21 bits per heavy atom. The van der Waals surface area contributed by atoms with Crippen LogP contribution in [0.15, 0.2) is 44.3 Å². The van der Waals surface area contributed by atoms with Crippen LogP contribution in [-0.2, 0) is 7.05 Å². The summed E-state index contributed by atoms with van der Waals surface area (Å²) in [6.45, 7) is 1.70. The number of aromatic nitrogens is 4. The van der Waals surface area contributed by atoms with Crippen LogP contribution >= 0.6 is 11.5 Å². The summed E-state index contributed by atoms with van der Waals surface area (Å²) < 4.78 is 5.62. The second-order valence-corrected chi connectivity index (χ2v) is 6.77. The van der Waals surface area contributed by atoms with E-state index < -0.39 is 10.9 Å². The molecule has 29 heavy (non-hydrogen) atoms. The van der Waals surface area contributed by atoms with Gasteiger partial charge in [-0.25, -0.2) is 0 Å². The molecule has 144 valence electrons. The van der Waals surface area contributed by atoms with Crippen molar-refractivity contribution in [1.29, 1.82) is 5.26 Å². The lowest BCUT2D eigenvalue weighted by Crippen LogP contribution is -2.48. The topological polar surface area (TPSA) is 153 Å². The van der Waals surface area contributed by atoms with E-state index in [1.165, 1.54) is 4.68 Å². The normalized spacial score (nSPS) is 12.4. The van der Waals surface area contributed by atoms with Crippen LogP contribution in [0.1, 0.15) is 11.3 Å². The fourth-order valence-corrected chi connectivity index (χ4v) is 3.40. The number of benzene rings is 1. The fourth-order valence-electron chi connectivity index (χ4n) is 2.71. The number of anilines is 2. The lowest BCUT2D eigenvalue weighted by atomic mass is 10.2. The largest absolute Gasteiger partial charge is 0.359 e. The van der Waals surface area contributed by atoms with Gasteiger partial charge in [0, 0.05) is 24.7 Å². The molecular weight excluding hydrogens is 394 g/mol. The number of aryl methyl sites for hydroxylation is 2. The third kappa shape index (κ3) is 3.09. The molecule has 0 atom stereocenters. The second-order valence-electron chi connectivity index (χ2n) is 5.99. The maximum absolute atomic E-state index is 12.7. The van der Waals surface area contributed by atoms with Gasteiger partial charge in [-0.05, 0) is 24.5 Å². The smallest absolute Gasteiger partial charge is 0.257 e. The van der Waals surface area contributed by atoms with Gasteiger partial charge in [-0.15, -0.1) is 0 Å². The van der Waals surface area contributed by atoms with E-state index in [-0.39, 0.29) is 10.7 Å². The van der Waals surface area contributed by atoms with Crippen LogP contribution in [0.2, 0.25) is 0 Å². The maximum Gasteiger partial charge on any atom is 0.257 e. The predicted molar refractivity (Wildman–Crippen MR) is 106 cm³/mol. The predicted octanol–water partition coefficient (Wildman–Crippen LogP) is -0.0104. The third-order valence-electron chi connectivity index (χ3n) is 4.22. The van der Waals surface area contributed by atoms with Gasteiger partial charge in [0.15, 0.2) is 5.36 Å². The van der Waals surface area contributed by atoms with Gasteiger partial charge in [0.1, 0.15) is 27.8 Å². The van der Waals surface area contributed by atoms with Crippen molar-refractivity contribution in [2.45, 2.75) is 6.92 Å². The SMILES string of the molecule is Cc1nsc(NN=c2c(=O)c(=O)c(=NNc3ccnn3C)c3cc[nH]c23)c1C#N. The summed E-state index contributed by atoms with van der Waals surface area (Å²) >= 11 is 1.04. The highest BCUT2D eigenvalue weighted by atomic mass is 32.1. The number of nitrogens with zero attached hydrogens (tertiary/aromatic N) is 6. The number of fused-ring (bicyclic) bond motifs is 1. The summed E-state index contributed by atoms with van der Waals surface area (Å²) in [6, 6.07) is 5.34. The van der Waals surface area contributed by atoms with Crippen molar-refractivity contribution < 1.29 is 0 Å². The van der Waals surface area contributed by atoms with Gasteiger partial charge < -0.3 is 4.98 Å². The van der Waals surface area contributed by atoms with E-state index in [1.807, 2.05) is 6.07 Å². The van der Waals surface area contributed by atoms with Crippen LogP contribution in [0, 0.1) is 18.3 Å². The molecule has 0 spiro atoms. The number of rotatable bonds is 4. The van der Waals surface area contributed by atoms with Crippen molar-refractivity contribution in [3.63, 3.8) is 0 Å². The first-order valence-electron chi connectivity index (χ1n) is 8.30. The highest BCUT2D eigenvalue weighted by Gasteiger charge is 2.13. The lowest BCUT2D eigenvalue weighted by molar-refractivity contribution is 0.770. The Kier molecular flexibility index (Phi) is 4.49. The molecule has 11 nitrogen and oxygen atoms in total. The first-order valence-corrected chi connectivity index (χ1v) is 9.07. The molecule has 0 saturated heterocycles. The molecular formula is C17H13N9O2S. The van der Waals surface area contributed by atoms with Gasteiger partial charge in [-0.1, -0.05) is 0 Å². The molecule has 3 N–H and O–H groups in total. The molecule has 4 aromatic rings. The van der Waals surface area contributed by atoms with Crippen molar-refractivity contribution in [2.75, 3.05) is 10.9 Å². The van der Waals surface area contributed by atoms with E-state index in [0.29, 0.717) is 33.0 Å². The van der Waals surface area contributed by atoms with Gasteiger partial charge in [-0.3, -0.25) is 25.1 Å². The quantitative estimate of drug-likeness (QED) is 0.318. The molecule has 0 radical (unpaired) electrons. The fraction of sp³-hybridized carbons (Fsp3) is 0.118. The minimum atomic E-state index is -0.822. The Bertz CT molecular complexity index is 1490. The Hall–Kier alpha value is -4.11. The average molecular weight is 407 g/mol. The van der Waals surface area contributed by atoms with Crippen molar-refractivity contribution in [1.82, 2.24) is 19.1 Å².